The zero-order valence-electron chi connectivity index (χ0n) is 13.4. The van der Waals surface area contributed by atoms with Crippen LogP contribution in [-0.2, 0) is 0 Å². The van der Waals surface area contributed by atoms with Crippen LogP contribution >= 0.6 is 11.3 Å². The van der Waals surface area contributed by atoms with Crippen molar-refractivity contribution in [2.75, 3.05) is 13.3 Å². The second-order valence-electron chi connectivity index (χ2n) is 6.23. The Kier molecular flexibility index (Phi) is 3.90. The van der Waals surface area contributed by atoms with Crippen LogP contribution in [0.5, 0.6) is 11.5 Å². The van der Waals surface area contributed by atoms with Crippen molar-refractivity contribution >= 4 is 17.2 Å². The lowest BCUT2D eigenvalue weighted by atomic mass is 9.99. The van der Waals surface area contributed by atoms with E-state index in [1.54, 1.807) is 6.20 Å². The molecule has 0 radical (unpaired) electrons. The SMILES string of the molecule is C[C@@H]1C[C@H](N)CCN1C(=O)c1cnc(-c2ccc3c(c2)OCO3)s1. The number of rotatable bonds is 2. The lowest BCUT2D eigenvalue weighted by Gasteiger charge is -2.36. The van der Waals surface area contributed by atoms with E-state index in [0.717, 1.165) is 29.2 Å². The van der Waals surface area contributed by atoms with E-state index >= 15 is 0 Å². The van der Waals surface area contributed by atoms with Gasteiger partial charge in [0.25, 0.3) is 5.91 Å². The molecule has 2 aliphatic heterocycles. The van der Waals surface area contributed by atoms with E-state index in [9.17, 15) is 4.79 Å². The number of hydrogen-bond donors (Lipinski definition) is 1. The fourth-order valence-electron chi connectivity index (χ4n) is 3.19. The summed E-state index contributed by atoms with van der Waals surface area (Å²) in [4.78, 5) is 19.7. The number of aromatic nitrogens is 1. The van der Waals surface area contributed by atoms with Crippen molar-refractivity contribution in [1.29, 1.82) is 0 Å². The van der Waals surface area contributed by atoms with Gasteiger partial charge in [0.1, 0.15) is 9.88 Å². The number of piperidine rings is 1. The van der Waals surface area contributed by atoms with E-state index in [4.69, 9.17) is 15.2 Å². The lowest BCUT2D eigenvalue weighted by molar-refractivity contribution is 0.0624. The number of likely N-dealkylation sites (tertiary alicyclic amines) is 1. The molecule has 0 saturated carbocycles. The molecule has 2 aromatic rings. The Bertz CT molecular complexity index is 776. The molecule has 0 spiro atoms. The first kappa shape index (κ1) is 15.4. The summed E-state index contributed by atoms with van der Waals surface area (Å²) in [6, 6.07) is 6.06. The summed E-state index contributed by atoms with van der Waals surface area (Å²) in [6.07, 6.45) is 3.36. The summed E-state index contributed by atoms with van der Waals surface area (Å²) in [7, 11) is 0. The van der Waals surface area contributed by atoms with Gasteiger partial charge in [-0.1, -0.05) is 0 Å². The molecule has 1 amide bonds. The Labute approximate surface area is 144 Å². The predicted molar refractivity (Wildman–Crippen MR) is 91.4 cm³/mol. The number of nitrogens with two attached hydrogens (primary N) is 1. The highest BCUT2D eigenvalue weighted by Gasteiger charge is 2.29. The van der Waals surface area contributed by atoms with Crippen LogP contribution in [0.25, 0.3) is 10.6 Å². The number of ether oxygens (including phenoxy) is 2. The predicted octanol–water partition coefficient (Wildman–Crippen LogP) is 2.49. The maximum absolute atomic E-state index is 12.8. The summed E-state index contributed by atoms with van der Waals surface area (Å²) in [5.74, 6) is 1.50. The van der Waals surface area contributed by atoms with Gasteiger partial charge in [0.2, 0.25) is 6.79 Å². The molecular formula is C17H19N3O3S. The fraction of sp³-hybridized carbons (Fsp3) is 0.412. The zero-order valence-corrected chi connectivity index (χ0v) is 14.2. The number of amides is 1. The minimum Gasteiger partial charge on any atom is -0.454 e. The van der Waals surface area contributed by atoms with Crippen molar-refractivity contribution in [2.45, 2.75) is 31.8 Å². The average Bonchev–Trinajstić information content (AvgIpc) is 3.23. The fourth-order valence-corrected chi connectivity index (χ4v) is 4.06. The largest absolute Gasteiger partial charge is 0.454 e. The molecule has 0 unspecified atom stereocenters. The normalized spacial score (nSPS) is 22.7. The third-order valence-corrected chi connectivity index (χ3v) is 5.55. The highest BCUT2D eigenvalue weighted by atomic mass is 32.1. The Morgan fingerprint density at radius 1 is 1.38 bits per heavy atom. The Hall–Kier alpha value is -2.12. The second-order valence-corrected chi connectivity index (χ2v) is 7.26. The van der Waals surface area contributed by atoms with Gasteiger partial charge >= 0.3 is 0 Å². The molecule has 1 aromatic heterocycles. The smallest absolute Gasteiger partial charge is 0.265 e. The highest BCUT2D eigenvalue weighted by Crippen LogP contribution is 2.37. The van der Waals surface area contributed by atoms with Gasteiger partial charge in [-0.3, -0.25) is 4.79 Å². The molecule has 24 heavy (non-hydrogen) atoms. The third-order valence-electron chi connectivity index (χ3n) is 4.51. The van der Waals surface area contributed by atoms with E-state index in [-0.39, 0.29) is 24.8 Å². The van der Waals surface area contributed by atoms with Gasteiger partial charge in [-0.05, 0) is 38.0 Å². The van der Waals surface area contributed by atoms with E-state index < -0.39 is 0 Å². The van der Waals surface area contributed by atoms with Gasteiger partial charge in [0.05, 0.1) is 6.20 Å². The molecule has 2 N–H and O–H groups in total. The first-order chi connectivity index (χ1) is 11.6. The molecule has 4 rings (SSSR count). The van der Waals surface area contributed by atoms with E-state index in [1.165, 1.54) is 11.3 Å². The van der Waals surface area contributed by atoms with Gasteiger partial charge in [-0.2, -0.15) is 0 Å². The number of nitrogens with zero attached hydrogens (tertiary/aromatic N) is 2. The van der Waals surface area contributed by atoms with Crippen LogP contribution in [0.15, 0.2) is 24.4 Å². The molecule has 126 valence electrons. The second kappa shape index (κ2) is 6.07. The lowest BCUT2D eigenvalue weighted by Crippen LogP contribution is -2.48. The van der Waals surface area contributed by atoms with Gasteiger partial charge in [0, 0.05) is 24.2 Å². The first-order valence-corrected chi connectivity index (χ1v) is 8.86. The molecule has 0 bridgehead atoms. The van der Waals surface area contributed by atoms with Crippen LogP contribution in [0.3, 0.4) is 0 Å². The highest BCUT2D eigenvalue weighted by molar-refractivity contribution is 7.16. The average molecular weight is 345 g/mol. The van der Waals surface area contributed by atoms with Crippen molar-refractivity contribution in [1.82, 2.24) is 9.88 Å². The minimum absolute atomic E-state index is 0.0406. The topological polar surface area (TPSA) is 77.7 Å². The summed E-state index contributed by atoms with van der Waals surface area (Å²) >= 11 is 1.41. The molecule has 6 nitrogen and oxygen atoms in total. The molecule has 2 aliphatic rings. The van der Waals surface area contributed by atoms with Crippen molar-refractivity contribution in [3.63, 3.8) is 0 Å². The number of fused-ring (bicyclic) bond motifs is 1. The number of carbonyl (C=O) groups is 1. The molecule has 1 fully saturated rings. The number of benzene rings is 1. The molecule has 0 aliphatic carbocycles. The van der Waals surface area contributed by atoms with Crippen LogP contribution in [-0.4, -0.2) is 41.2 Å². The van der Waals surface area contributed by atoms with E-state index in [2.05, 4.69) is 11.9 Å². The monoisotopic (exact) mass is 345 g/mol. The van der Waals surface area contributed by atoms with Crippen molar-refractivity contribution in [2.24, 2.45) is 5.73 Å². The summed E-state index contributed by atoms with van der Waals surface area (Å²) in [6.45, 7) is 3.00. The van der Waals surface area contributed by atoms with Crippen LogP contribution < -0.4 is 15.2 Å². The molecule has 3 heterocycles. The van der Waals surface area contributed by atoms with Crippen LogP contribution in [0.2, 0.25) is 0 Å². The number of thiazole rings is 1. The van der Waals surface area contributed by atoms with Crippen LogP contribution in [0.1, 0.15) is 29.4 Å². The summed E-state index contributed by atoms with van der Waals surface area (Å²) in [5, 5.41) is 0.804. The van der Waals surface area contributed by atoms with Crippen molar-refractivity contribution in [3.05, 3.63) is 29.3 Å². The maximum atomic E-state index is 12.8. The number of carbonyl (C=O) groups excluding carboxylic acids is 1. The molecular weight excluding hydrogens is 326 g/mol. The zero-order chi connectivity index (χ0) is 16.7. The van der Waals surface area contributed by atoms with Crippen LogP contribution in [0.4, 0.5) is 0 Å². The minimum atomic E-state index is 0.0406. The molecule has 7 heteroatoms. The molecule has 1 saturated heterocycles. The Morgan fingerprint density at radius 3 is 3.04 bits per heavy atom. The maximum Gasteiger partial charge on any atom is 0.265 e. The quantitative estimate of drug-likeness (QED) is 0.905. The summed E-state index contributed by atoms with van der Waals surface area (Å²) in [5.41, 5.74) is 6.91. The van der Waals surface area contributed by atoms with Crippen molar-refractivity contribution in [3.8, 4) is 22.1 Å². The van der Waals surface area contributed by atoms with Crippen molar-refractivity contribution < 1.29 is 14.3 Å². The molecule has 2 atom stereocenters. The van der Waals surface area contributed by atoms with Gasteiger partial charge in [-0.15, -0.1) is 11.3 Å². The number of hydrogen-bond acceptors (Lipinski definition) is 6. The van der Waals surface area contributed by atoms with E-state index in [0.29, 0.717) is 17.2 Å². The van der Waals surface area contributed by atoms with Gasteiger partial charge in [-0.25, -0.2) is 4.98 Å². The third kappa shape index (κ3) is 2.74. The Morgan fingerprint density at radius 2 is 2.21 bits per heavy atom. The van der Waals surface area contributed by atoms with Gasteiger partial charge in [0.15, 0.2) is 11.5 Å². The van der Waals surface area contributed by atoms with E-state index in [1.807, 2.05) is 23.1 Å². The Balaban J connectivity index is 1.55. The summed E-state index contributed by atoms with van der Waals surface area (Å²) < 4.78 is 10.7. The van der Waals surface area contributed by atoms with Crippen LogP contribution in [0, 0.1) is 0 Å². The molecule has 1 aromatic carbocycles. The first-order valence-electron chi connectivity index (χ1n) is 8.04. The standard InChI is InChI=1S/C17H19N3O3S/c1-10-6-12(18)4-5-20(10)17(21)15-8-19-16(24-15)11-2-3-13-14(7-11)23-9-22-13/h2-3,7-8,10,12H,4-6,9,18H2,1H3/t10-,12-/m1/s1. The van der Waals surface area contributed by atoms with Gasteiger partial charge < -0.3 is 20.1 Å².